The van der Waals surface area contributed by atoms with Crippen molar-refractivity contribution in [2.75, 3.05) is 0 Å². The lowest BCUT2D eigenvalue weighted by Gasteiger charge is -2.18. The van der Waals surface area contributed by atoms with Gasteiger partial charge < -0.3 is 8.98 Å². The van der Waals surface area contributed by atoms with Crippen molar-refractivity contribution < 1.29 is 4.42 Å². The van der Waals surface area contributed by atoms with Gasteiger partial charge in [0.2, 0.25) is 0 Å². The molecule has 306 valence electrons. The molecule has 2 aromatic heterocycles. The second-order valence-corrected chi connectivity index (χ2v) is 17.5. The molecule has 0 bridgehead atoms. The Morgan fingerprint density at radius 2 is 0.712 bits per heavy atom. The Hall–Kier alpha value is -8.72. The first kappa shape index (κ1) is 36.7. The number of aromatic nitrogens is 1. The van der Waals surface area contributed by atoms with Gasteiger partial charge in [0, 0.05) is 27.2 Å². The van der Waals surface area contributed by atoms with Crippen LogP contribution >= 0.6 is 0 Å². The molecule has 0 saturated carbocycles. The van der Waals surface area contributed by atoms with Crippen LogP contribution in [0.2, 0.25) is 0 Å². The zero-order chi connectivity index (χ0) is 43.3. The summed E-state index contributed by atoms with van der Waals surface area (Å²) in [5.41, 5.74) is 15.0. The zero-order valence-corrected chi connectivity index (χ0v) is 35.9. The van der Waals surface area contributed by atoms with E-state index in [1.54, 1.807) is 0 Å². The Bertz CT molecular complexity index is 4160. The van der Waals surface area contributed by atoms with Crippen molar-refractivity contribution in [3.05, 3.63) is 237 Å². The van der Waals surface area contributed by atoms with E-state index in [1.165, 1.54) is 104 Å². The van der Waals surface area contributed by atoms with Gasteiger partial charge >= 0.3 is 0 Å². The molecule has 14 rings (SSSR count). The maximum absolute atomic E-state index is 6.92. The van der Waals surface area contributed by atoms with E-state index < -0.39 is 0 Å². The molecule has 2 heterocycles. The van der Waals surface area contributed by atoms with Gasteiger partial charge in [-0.3, -0.25) is 0 Å². The summed E-state index contributed by atoms with van der Waals surface area (Å²) >= 11 is 0. The summed E-state index contributed by atoms with van der Waals surface area (Å²) in [5, 5.41) is 14.5. The van der Waals surface area contributed by atoms with Crippen LogP contribution in [0.5, 0.6) is 0 Å². The Kier molecular flexibility index (Phi) is 8.02. The maximum Gasteiger partial charge on any atom is 0.136 e. The number of furan rings is 1. The van der Waals surface area contributed by atoms with Crippen LogP contribution in [0.3, 0.4) is 0 Å². The summed E-state index contributed by atoms with van der Waals surface area (Å²) in [5.74, 6) is 0. The zero-order valence-electron chi connectivity index (χ0n) is 35.9. The summed E-state index contributed by atoms with van der Waals surface area (Å²) in [6, 6.07) is 86.3. The highest BCUT2D eigenvalue weighted by molar-refractivity contribution is 6.27. The number of hydrogen-bond donors (Lipinski definition) is 0. The molecule has 0 N–H and O–H groups in total. The van der Waals surface area contributed by atoms with E-state index in [-0.39, 0.29) is 0 Å². The molecule has 0 saturated heterocycles. The van der Waals surface area contributed by atoms with Gasteiger partial charge in [-0.05, 0) is 136 Å². The number of fused-ring (bicyclic) bond motifs is 10. The number of rotatable bonds is 5. The van der Waals surface area contributed by atoms with Crippen LogP contribution in [-0.2, 0) is 0 Å². The van der Waals surface area contributed by atoms with Gasteiger partial charge in [-0.1, -0.05) is 188 Å². The molecule has 66 heavy (non-hydrogen) atoms. The van der Waals surface area contributed by atoms with Crippen LogP contribution in [-0.4, -0.2) is 4.57 Å². The van der Waals surface area contributed by atoms with Crippen LogP contribution < -0.4 is 0 Å². The second-order valence-electron chi connectivity index (χ2n) is 17.5. The number of para-hydroxylation sites is 2. The van der Waals surface area contributed by atoms with Crippen molar-refractivity contribution in [2.24, 2.45) is 0 Å². The highest BCUT2D eigenvalue weighted by Crippen LogP contribution is 2.49. The Morgan fingerprint density at radius 3 is 1.30 bits per heavy atom. The number of benzene rings is 12. The van der Waals surface area contributed by atoms with Crippen molar-refractivity contribution in [1.29, 1.82) is 0 Å². The van der Waals surface area contributed by atoms with Crippen molar-refractivity contribution >= 4 is 86.8 Å². The summed E-state index contributed by atoms with van der Waals surface area (Å²) in [6.07, 6.45) is 0. The average molecular weight is 838 g/mol. The quantitative estimate of drug-likeness (QED) is 0.158. The first-order valence-electron chi connectivity index (χ1n) is 22.8. The molecule has 0 amide bonds. The summed E-state index contributed by atoms with van der Waals surface area (Å²) < 4.78 is 9.30. The molecule has 0 spiro atoms. The molecule has 14 aromatic rings. The van der Waals surface area contributed by atoms with Crippen molar-refractivity contribution in [2.45, 2.75) is 0 Å². The first-order chi connectivity index (χ1) is 32.8. The van der Waals surface area contributed by atoms with Crippen molar-refractivity contribution in [3.8, 4) is 50.2 Å². The van der Waals surface area contributed by atoms with Crippen LogP contribution in [0.25, 0.3) is 137 Å². The molecule has 0 fully saturated rings. The molecule has 0 unspecified atom stereocenters. The highest BCUT2D eigenvalue weighted by atomic mass is 16.3. The minimum atomic E-state index is 0.877. The van der Waals surface area contributed by atoms with Crippen LogP contribution in [0.15, 0.2) is 241 Å². The topological polar surface area (TPSA) is 18.1 Å². The predicted molar refractivity (Wildman–Crippen MR) is 280 cm³/mol. The minimum Gasteiger partial charge on any atom is -0.456 e. The molecule has 0 aliphatic carbocycles. The number of nitrogens with zero attached hydrogens (tertiary/aromatic N) is 1. The van der Waals surface area contributed by atoms with Crippen LogP contribution in [0, 0.1) is 0 Å². The first-order valence-corrected chi connectivity index (χ1v) is 22.8. The fraction of sp³-hybridized carbons (Fsp3) is 0. The second kappa shape index (κ2) is 14.4. The highest BCUT2D eigenvalue weighted by Gasteiger charge is 2.23. The molecular formula is C64H39NO. The molecule has 0 atom stereocenters. The molecule has 0 aliphatic rings. The monoisotopic (exact) mass is 837 g/mol. The van der Waals surface area contributed by atoms with E-state index in [9.17, 15) is 0 Å². The Balaban J connectivity index is 0.977. The molecule has 2 heteroatoms. The van der Waals surface area contributed by atoms with Gasteiger partial charge in [0.05, 0.1) is 11.0 Å². The summed E-state index contributed by atoms with van der Waals surface area (Å²) in [7, 11) is 0. The van der Waals surface area contributed by atoms with E-state index in [0.29, 0.717) is 0 Å². The Labute approximate surface area is 380 Å². The van der Waals surface area contributed by atoms with Gasteiger partial charge in [-0.15, -0.1) is 0 Å². The van der Waals surface area contributed by atoms with Crippen molar-refractivity contribution in [3.63, 3.8) is 0 Å². The summed E-state index contributed by atoms with van der Waals surface area (Å²) in [4.78, 5) is 0. The third-order valence-corrected chi connectivity index (χ3v) is 14.0. The Morgan fingerprint density at radius 1 is 0.258 bits per heavy atom. The standard InChI is InChI=1S/C64H39NO/c1-3-18-40(19-4-1)60-49-27-11-13-29-51(49)63(52-30-14-12-28-50(52)60)54-31-17-33-58-64(54)53-36-34-42(39-59(53)66-58)62-47-25-9-7-23-45(47)61(46-24-8-10-26-48(46)62)41-35-37-57-55(38-41)44-22-15-16-32-56(44)65(57)43-20-5-2-6-21-43/h1-39H. The molecule has 2 nitrogen and oxygen atoms in total. The van der Waals surface area contributed by atoms with Crippen LogP contribution in [0.1, 0.15) is 0 Å². The molecule has 0 aliphatic heterocycles. The lowest BCUT2D eigenvalue weighted by atomic mass is 9.84. The molecular weight excluding hydrogens is 799 g/mol. The number of hydrogen-bond acceptors (Lipinski definition) is 1. The lowest BCUT2D eigenvalue weighted by molar-refractivity contribution is 0.669. The largest absolute Gasteiger partial charge is 0.456 e. The lowest BCUT2D eigenvalue weighted by Crippen LogP contribution is -1.93. The predicted octanol–water partition coefficient (Wildman–Crippen LogP) is 18.0. The van der Waals surface area contributed by atoms with E-state index in [2.05, 4.69) is 241 Å². The van der Waals surface area contributed by atoms with Crippen molar-refractivity contribution in [1.82, 2.24) is 4.57 Å². The van der Waals surface area contributed by atoms with Gasteiger partial charge in [0.25, 0.3) is 0 Å². The van der Waals surface area contributed by atoms with E-state index >= 15 is 0 Å². The van der Waals surface area contributed by atoms with Gasteiger partial charge in [0.15, 0.2) is 0 Å². The van der Waals surface area contributed by atoms with E-state index in [1.807, 2.05) is 0 Å². The van der Waals surface area contributed by atoms with Crippen LogP contribution in [0.4, 0.5) is 0 Å². The fourth-order valence-corrected chi connectivity index (χ4v) is 11.3. The van der Waals surface area contributed by atoms with Gasteiger partial charge in [-0.25, -0.2) is 0 Å². The van der Waals surface area contributed by atoms with E-state index in [0.717, 1.165) is 33.2 Å². The van der Waals surface area contributed by atoms with Gasteiger partial charge in [-0.2, -0.15) is 0 Å². The normalized spacial score (nSPS) is 11.9. The van der Waals surface area contributed by atoms with E-state index in [4.69, 9.17) is 4.42 Å². The third-order valence-electron chi connectivity index (χ3n) is 14.0. The summed E-state index contributed by atoms with van der Waals surface area (Å²) in [6.45, 7) is 0. The SMILES string of the molecule is c1ccc(-c2c3ccccc3c(-c3cccc4oc5cc(-c6c7ccccc7c(-c7ccc8c(c7)c7ccccc7n8-c7ccccc7)c7ccccc67)ccc5c34)c3ccccc23)cc1. The maximum atomic E-state index is 6.92. The average Bonchev–Trinajstić information content (AvgIpc) is 3.93. The third kappa shape index (κ3) is 5.36. The fourth-order valence-electron chi connectivity index (χ4n) is 11.3. The minimum absolute atomic E-state index is 0.877. The molecule has 12 aromatic carbocycles. The van der Waals surface area contributed by atoms with Gasteiger partial charge in [0.1, 0.15) is 11.2 Å². The smallest absolute Gasteiger partial charge is 0.136 e. The molecule has 0 radical (unpaired) electrons.